The summed E-state index contributed by atoms with van der Waals surface area (Å²) in [6.45, 7) is 0. The Kier molecular flexibility index (Phi) is 6.41. The summed E-state index contributed by atoms with van der Waals surface area (Å²) < 4.78 is 0. The van der Waals surface area contributed by atoms with Crippen LogP contribution in [0.15, 0.2) is 66.0 Å². The van der Waals surface area contributed by atoms with Crippen molar-refractivity contribution in [1.29, 1.82) is 0 Å². The number of nitrogens with one attached hydrogen (secondary N) is 3. The van der Waals surface area contributed by atoms with Crippen molar-refractivity contribution in [2.45, 2.75) is 6.42 Å². The highest BCUT2D eigenvalue weighted by Gasteiger charge is 2.15. The summed E-state index contributed by atoms with van der Waals surface area (Å²) in [6.07, 6.45) is 0.0915. The summed E-state index contributed by atoms with van der Waals surface area (Å²) in [5.41, 5.74) is 6.09. The van der Waals surface area contributed by atoms with E-state index < -0.39 is 5.91 Å². The predicted molar refractivity (Wildman–Crippen MR) is 109 cm³/mol. The van der Waals surface area contributed by atoms with E-state index in [0.29, 0.717) is 15.6 Å². The van der Waals surface area contributed by atoms with Gasteiger partial charge in [-0.3, -0.25) is 25.2 Å². The first-order valence-electron chi connectivity index (χ1n) is 8.30. The number of thiophene rings is 1. The van der Waals surface area contributed by atoms with Crippen molar-refractivity contribution in [3.8, 4) is 0 Å². The Morgan fingerprint density at radius 1 is 0.857 bits per heavy atom. The van der Waals surface area contributed by atoms with Gasteiger partial charge in [0.05, 0.1) is 22.5 Å². The SMILES string of the molecule is O=C(Cc1ccc(Cl)cc1)NNC(=O)c1ccccc1NC(=O)c1cccs1. The standard InChI is InChI=1S/C20H16ClN3O3S/c21-14-9-7-13(8-10-14)12-18(25)23-24-19(26)15-4-1-2-5-16(15)22-20(27)17-6-3-11-28-17/h1-11H,12H2,(H,22,27)(H,23,25)(H,24,26). The van der Waals surface area contributed by atoms with Gasteiger partial charge in [-0.25, -0.2) is 0 Å². The lowest BCUT2D eigenvalue weighted by Crippen LogP contribution is -2.42. The lowest BCUT2D eigenvalue weighted by Gasteiger charge is -2.12. The summed E-state index contributed by atoms with van der Waals surface area (Å²) in [6, 6.07) is 16.9. The number of hydrogen-bond donors (Lipinski definition) is 3. The Morgan fingerprint density at radius 2 is 1.61 bits per heavy atom. The molecule has 0 aliphatic heterocycles. The third kappa shape index (κ3) is 5.18. The second-order valence-electron chi connectivity index (χ2n) is 5.78. The van der Waals surface area contributed by atoms with Gasteiger partial charge in [-0.1, -0.05) is 41.9 Å². The largest absolute Gasteiger partial charge is 0.321 e. The molecule has 0 bridgehead atoms. The first-order valence-corrected chi connectivity index (χ1v) is 9.56. The van der Waals surface area contributed by atoms with Crippen LogP contribution in [-0.4, -0.2) is 17.7 Å². The third-order valence-electron chi connectivity index (χ3n) is 3.76. The topological polar surface area (TPSA) is 87.3 Å². The number of rotatable bonds is 5. The summed E-state index contributed by atoms with van der Waals surface area (Å²) >= 11 is 7.12. The normalized spacial score (nSPS) is 10.2. The Balaban J connectivity index is 1.60. The van der Waals surface area contributed by atoms with Gasteiger partial charge in [-0.2, -0.15) is 0 Å². The molecular formula is C20H16ClN3O3S. The zero-order valence-corrected chi connectivity index (χ0v) is 16.1. The molecule has 1 aromatic heterocycles. The number of benzene rings is 2. The first kappa shape index (κ1) is 19.6. The Bertz CT molecular complexity index is 988. The second-order valence-corrected chi connectivity index (χ2v) is 7.17. The maximum Gasteiger partial charge on any atom is 0.271 e. The molecule has 28 heavy (non-hydrogen) atoms. The minimum Gasteiger partial charge on any atom is -0.321 e. The smallest absolute Gasteiger partial charge is 0.271 e. The Hall–Kier alpha value is -3.16. The van der Waals surface area contributed by atoms with Gasteiger partial charge in [-0.15, -0.1) is 11.3 Å². The van der Waals surface area contributed by atoms with Crippen molar-refractivity contribution in [3.63, 3.8) is 0 Å². The lowest BCUT2D eigenvalue weighted by atomic mass is 10.1. The van der Waals surface area contributed by atoms with E-state index in [0.717, 1.165) is 5.56 Å². The van der Waals surface area contributed by atoms with Crippen LogP contribution < -0.4 is 16.2 Å². The molecule has 0 aliphatic carbocycles. The van der Waals surface area contributed by atoms with Gasteiger partial charge in [0.2, 0.25) is 5.91 Å². The quantitative estimate of drug-likeness (QED) is 0.558. The molecule has 0 spiro atoms. The molecule has 0 saturated heterocycles. The molecule has 0 atom stereocenters. The van der Waals surface area contributed by atoms with Crippen LogP contribution in [0.25, 0.3) is 0 Å². The molecule has 3 rings (SSSR count). The number of anilines is 1. The zero-order valence-electron chi connectivity index (χ0n) is 14.6. The third-order valence-corrected chi connectivity index (χ3v) is 4.88. The highest BCUT2D eigenvalue weighted by Crippen LogP contribution is 2.18. The zero-order chi connectivity index (χ0) is 19.9. The number of carbonyl (C=O) groups is 3. The number of para-hydroxylation sites is 1. The van der Waals surface area contributed by atoms with Crippen LogP contribution in [0.3, 0.4) is 0 Å². The molecule has 0 unspecified atom stereocenters. The number of hydrazine groups is 1. The van der Waals surface area contributed by atoms with Crippen molar-refractivity contribution in [2.24, 2.45) is 0 Å². The van der Waals surface area contributed by atoms with Gasteiger partial charge in [0.25, 0.3) is 11.8 Å². The van der Waals surface area contributed by atoms with E-state index in [1.54, 1.807) is 66.0 Å². The highest BCUT2D eigenvalue weighted by molar-refractivity contribution is 7.12. The van der Waals surface area contributed by atoms with Crippen molar-refractivity contribution >= 4 is 46.3 Å². The van der Waals surface area contributed by atoms with E-state index >= 15 is 0 Å². The van der Waals surface area contributed by atoms with Crippen LogP contribution in [0.5, 0.6) is 0 Å². The summed E-state index contributed by atoms with van der Waals surface area (Å²) in [7, 11) is 0. The molecule has 3 N–H and O–H groups in total. The first-order chi connectivity index (χ1) is 13.5. The fourth-order valence-corrected chi connectivity index (χ4v) is 3.15. The fraction of sp³-hybridized carbons (Fsp3) is 0.0500. The molecule has 0 aliphatic rings. The van der Waals surface area contributed by atoms with E-state index in [1.165, 1.54) is 11.3 Å². The van der Waals surface area contributed by atoms with Crippen molar-refractivity contribution in [3.05, 3.63) is 87.1 Å². The summed E-state index contributed by atoms with van der Waals surface area (Å²) in [5.74, 6) is -1.22. The molecular weight excluding hydrogens is 398 g/mol. The predicted octanol–water partition coefficient (Wildman–Crippen LogP) is 3.66. The molecule has 0 fully saturated rings. The fourth-order valence-electron chi connectivity index (χ4n) is 2.41. The monoisotopic (exact) mass is 413 g/mol. The van der Waals surface area contributed by atoms with E-state index in [4.69, 9.17) is 11.6 Å². The van der Waals surface area contributed by atoms with Crippen molar-refractivity contribution < 1.29 is 14.4 Å². The van der Waals surface area contributed by atoms with Crippen LogP contribution in [0.4, 0.5) is 5.69 Å². The van der Waals surface area contributed by atoms with Crippen LogP contribution >= 0.6 is 22.9 Å². The Labute approximate surface area is 170 Å². The molecule has 3 aromatic rings. The molecule has 0 radical (unpaired) electrons. The molecule has 142 valence electrons. The number of amides is 3. The number of carbonyl (C=O) groups excluding carboxylic acids is 3. The number of hydrogen-bond acceptors (Lipinski definition) is 4. The maximum absolute atomic E-state index is 12.4. The van der Waals surface area contributed by atoms with E-state index in [9.17, 15) is 14.4 Å². The summed E-state index contributed by atoms with van der Waals surface area (Å²) in [5, 5.41) is 5.09. The molecule has 8 heteroatoms. The van der Waals surface area contributed by atoms with Gasteiger partial charge < -0.3 is 5.32 Å². The van der Waals surface area contributed by atoms with E-state index in [1.807, 2.05) is 0 Å². The molecule has 6 nitrogen and oxygen atoms in total. The minimum absolute atomic E-state index is 0.0915. The van der Waals surface area contributed by atoms with Gasteiger partial charge in [-0.05, 0) is 41.3 Å². The van der Waals surface area contributed by atoms with Gasteiger partial charge >= 0.3 is 0 Å². The van der Waals surface area contributed by atoms with Crippen LogP contribution in [0.2, 0.25) is 5.02 Å². The van der Waals surface area contributed by atoms with E-state index in [-0.39, 0.29) is 23.8 Å². The Morgan fingerprint density at radius 3 is 2.32 bits per heavy atom. The highest BCUT2D eigenvalue weighted by atomic mass is 35.5. The van der Waals surface area contributed by atoms with Gasteiger partial charge in [0.1, 0.15) is 0 Å². The number of halogens is 1. The van der Waals surface area contributed by atoms with Crippen molar-refractivity contribution in [2.75, 3.05) is 5.32 Å². The van der Waals surface area contributed by atoms with Gasteiger partial charge in [0, 0.05) is 5.02 Å². The average molecular weight is 414 g/mol. The van der Waals surface area contributed by atoms with Crippen LogP contribution in [0, 0.1) is 0 Å². The lowest BCUT2D eigenvalue weighted by molar-refractivity contribution is -0.121. The van der Waals surface area contributed by atoms with Crippen LogP contribution in [-0.2, 0) is 11.2 Å². The second kappa shape index (κ2) is 9.16. The molecule has 2 aromatic carbocycles. The van der Waals surface area contributed by atoms with Crippen molar-refractivity contribution in [1.82, 2.24) is 10.9 Å². The summed E-state index contributed by atoms with van der Waals surface area (Å²) in [4.78, 5) is 37.2. The molecule has 3 amide bonds. The average Bonchev–Trinajstić information content (AvgIpc) is 3.23. The van der Waals surface area contributed by atoms with E-state index in [2.05, 4.69) is 16.2 Å². The molecule has 0 saturated carbocycles. The van der Waals surface area contributed by atoms with Gasteiger partial charge in [0.15, 0.2) is 0 Å². The van der Waals surface area contributed by atoms with Crippen LogP contribution in [0.1, 0.15) is 25.6 Å². The maximum atomic E-state index is 12.4. The molecule has 1 heterocycles. The minimum atomic E-state index is -0.536.